The molecule has 0 radical (unpaired) electrons. The molecule has 1 atom stereocenters. The number of aromatic nitrogens is 1. The molecule has 2 aromatic rings. The van der Waals surface area contributed by atoms with Crippen LogP contribution in [0.1, 0.15) is 24.5 Å². The Balaban J connectivity index is 2.39. The molecule has 0 aliphatic rings. The predicted molar refractivity (Wildman–Crippen MR) is 66.1 cm³/mol. The maximum absolute atomic E-state index is 10.1. The Morgan fingerprint density at radius 1 is 1.31 bits per heavy atom. The first-order valence-electron chi connectivity index (χ1n) is 5.45. The lowest BCUT2D eigenvalue weighted by Crippen LogP contribution is -1.98. The quantitative estimate of drug-likeness (QED) is 0.791. The van der Waals surface area contributed by atoms with Crippen molar-refractivity contribution in [2.75, 3.05) is 0 Å². The van der Waals surface area contributed by atoms with Crippen molar-refractivity contribution in [1.29, 1.82) is 0 Å². The van der Waals surface area contributed by atoms with Crippen molar-refractivity contribution < 1.29 is 5.11 Å². The first-order valence-corrected chi connectivity index (χ1v) is 5.45. The molecule has 0 spiro atoms. The Hall–Kier alpha value is -1.67. The summed E-state index contributed by atoms with van der Waals surface area (Å²) in [6.45, 7) is 3.67. The minimum atomic E-state index is -0.439. The van der Waals surface area contributed by atoms with Gasteiger partial charge in [0, 0.05) is 11.6 Å². The van der Waals surface area contributed by atoms with Crippen LogP contribution in [0.5, 0.6) is 0 Å². The molecule has 0 aliphatic heterocycles. The number of aliphatic hydroxyl groups excluding tert-OH is 1. The van der Waals surface area contributed by atoms with Crippen molar-refractivity contribution >= 4 is 10.9 Å². The molecule has 2 heteroatoms. The summed E-state index contributed by atoms with van der Waals surface area (Å²) in [5, 5.41) is 11.1. The number of hydrogen-bond acceptors (Lipinski definition) is 2. The van der Waals surface area contributed by atoms with E-state index in [2.05, 4.69) is 11.6 Å². The summed E-state index contributed by atoms with van der Waals surface area (Å²) in [5.74, 6) is 0. The van der Waals surface area contributed by atoms with E-state index < -0.39 is 6.10 Å². The molecule has 1 heterocycles. The minimum absolute atomic E-state index is 0.439. The van der Waals surface area contributed by atoms with Gasteiger partial charge < -0.3 is 5.11 Å². The largest absolute Gasteiger partial charge is 0.388 e. The average molecular weight is 213 g/mol. The van der Waals surface area contributed by atoms with Crippen LogP contribution in [-0.2, 0) is 0 Å². The summed E-state index contributed by atoms with van der Waals surface area (Å²) < 4.78 is 0. The lowest BCUT2D eigenvalue weighted by Gasteiger charge is -2.12. The van der Waals surface area contributed by atoms with Crippen LogP contribution in [0, 0.1) is 0 Å². The molecule has 1 unspecified atom stereocenters. The molecule has 0 fully saturated rings. The smallest absolute Gasteiger partial charge is 0.0799 e. The molecule has 82 valence electrons. The molecule has 0 amide bonds. The van der Waals surface area contributed by atoms with Gasteiger partial charge in [-0.05, 0) is 30.5 Å². The third kappa shape index (κ3) is 2.12. The van der Waals surface area contributed by atoms with Gasteiger partial charge in [-0.25, -0.2) is 0 Å². The number of aliphatic hydroxyl groups is 1. The van der Waals surface area contributed by atoms with E-state index in [0.29, 0.717) is 6.42 Å². The Morgan fingerprint density at radius 3 is 3.00 bits per heavy atom. The van der Waals surface area contributed by atoms with Gasteiger partial charge in [0.25, 0.3) is 0 Å². The molecule has 16 heavy (non-hydrogen) atoms. The van der Waals surface area contributed by atoms with Gasteiger partial charge >= 0.3 is 0 Å². The zero-order valence-corrected chi connectivity index (χ0v) is 9.13. The average Bonchev–Trinajstić information content (AvgIpc) is 2.35. The molecule has 1 aromatic carbocycles. The highest BCUT2D eigenvalue weighted by Crippen LogP contribution is 2.25. The van der Waals surface area contributed by atoms with Crippen LogP contribution in [-0.4, -0.2) is 10.1 Å². The number of fused-ring (bicyclic) bond motifs is 1. The van der Waals surface area contributed by atoms with Crippen LogP contribution >= 0.6 is 0 Å². The first kappa shape index (κ1) is 10.8. The van der Waals surface area contributed by atoms with Crippen LogP contribution in [0.4, 0.5) is 0 Å². The second-order valence-electron chi connectivity index (χ2n) is 3.80. The zero-order chi connectivity index (χ0) is 11.4. The Labute approximate surface area is 95.3 Å². The SMILES string of the molecule is C=CCCC(O)c1cccc2ncccc12. The lowest BCUT2D eigenvalue weighted by molar-refractivity contribution is 0.170. The van der Waals surface area contributed by atoms with Gasteiger partial charge in [0.05, 0.1) is 11.6 Å². The Kier molecular flexibility index (Phi) is 3.32. The van der Waals surface area contributed by atoms with Crippen LogP contribution < -0.4 is 0 Å². The lowest BCUT2D eigenvalue weighted by atomic mass is 10.00. The van der Waals surface area contributed by atoms with E-state index in [9.17, 15) is 5.11 Å². The molecule has 2 rings (SSSR count). The third-order valence-corrected chi connectivity index (χ3v) is 2.68. The molecule has 0 bridgehead atoms. The van der Waals surface area contributed by atoms with Crippen molar-refractivity contribution in [2.24, 2.45) is 0 Å². The summed E-state index contributed by atoms with van der Waals surface area (Å²) >= 11 is 0. The van der Waals surface area contributed by atoms with Crippen molar-refractivity contribution in [1.82, 2.24) is 4.98 Å². The highest BCUT2D eigenvalue weighted by molar-refractivity contribution is 5.82. The molecule has 0 aliphatic carbocycles. The van der Waals surface area contributed by atoms with Crippen LogP contribution in [0.3, 0.4) is 0 Å². The second kappa shape index (κ2) is 4.90. The van der Waals surface area contributed by atoms with Gasteiger partial charge in [-0.2, -0.15) is 0 Å². The molecular weight excluding hydrogens is 198 g/mol. The first-order chi connectivity index (χ1) is 7.83. The van der Waals surface area contributed by atoms with E-state index in [1.807, 2.05) is 36.4 Å². The van der Waals surface area contributed by atoms with E-state index in [0.717, 1.165) is 22.9 Å². The second-order valence-corrected chi connectivity index (χ2v) is 3.80. The van der Waals surface area contributed by atoms with Gasteiger partial charge in [-0.15, -0.1) is 6.58 Å². The number of rotatable bonds is 4. The van der Waals surface area contributed by atoms with Crippen LogP contribution in [0.15, 0.2) is 49.2 Å². The monoisotopic (exact) mass is 213 g/mol. The summed E-state index contributed by atoms with van der Waals surface area (Å²) in [5.41, 5.74) is 1.88. The van der Waals surface area contributed by atoms with Crippen LogP contribution in [0.2, 0.25) is 0 Å². The van der Waals surface area contributed by atoms with E-state index in [1.165, 1.54) is 0 Å². The number of pyridine rings is 1. The number of allylic oxidation sites excluding steroid dienone is 1. The standard InChI is InChI=1S/C14H15NO/c1-2-3-9-14(16)12-6-4-8-13-11(12)7-5-10-15-13/h2,4-8,10,14,16H,1,3,9H2. The van der Waals surface area contributed by atoms with Gasteiger partial charge in [-0.3, -0.25) is 4.98 Å². The van der Waals surface area contributed by atoms with E-state index in [1.54, 1.807) is 6.20 Å². The topological polar surface area (TPSA) is 33.1 Å². The highest BCUT2D eigenvalue weighted by Gasteiger charge is 2.09. The summed E-state index contributed by atoms with van der Waals surface area (Å²) in [6, 6.07) is 9.74. The summed E-state index contributed by atoms with van der Waals surface area (Å²) in [7, 11) is 0. The zero-order valence-electron chi connectivity index (χ0n) is 9.13. The Bertz CT molecular complexity index is 488. The minimum Gasteiger partial charge on any atom is -0.388 e. The van der Waals surface area contributed by atoms with Crippen LogP contribution in [0.25, 0.3) is 10.9 Å². The Morgan fingerprint density at radius 2 is 2.19 bits per heavy atom. The molecule has 1 N–H and O–H groups in total. The number of nitrogens with zero attached hydrogens (tertiary/aromatic N) is 1. The molecule has 1 aromatic heterocycles. The van der Waals surface area contributed by atoms with Crippen molar-refractivity contribution in [3.63, 3.8) is 0 Å². The van der Waals surface area contributed by atoms with Gasteiger partial charge in [0.15, 0.2) is 0 Å². The van der Waals surface area contributed by atoms with Gasteiger partial charge in [0.1, 0.15) is 0 Å². The predicted octanol–water partition coefficient (Wildman–Crippen LogP) is 3.23. The third-order valence-electron chi connectivity index (χ3n) is 2.68. The van der Waals surface area contributed by atoms with E-state index in [4.69, 9.17) is 0 Å². The summed E-state index contributed by atoms with van der Waals surface area (Å²) in [4.78, 5) is 4.27. The number of benzene rings is 1. The maximum Gasteiger partial charge on any atom is 0.0799 e. The molecule has 2 nitrogen and oxygen atoms in total. The van der Waals surface area contributed by atoms with E-state index in [-0.39, 0.29) is 0 Å². The van der Waals surface area contributed by atoms with Gasteiger partial charge in [0.2, 0.25) is 0 Å². The van der Waals surface area contributed by atoms with E-state index >= 15 is 0 Å². The van der Waals surface area contributed by atoms with Crippen molar-refractivity contribution in [2.45, 2.75) is 18.9 Å². The fraction of sp³-hybridized carbons (Fsp3) is 0.214. The van der Waals surface area contributed by atoms with Crippen molar-refractivity contribution in [3.8, 4) is 0 Å². The summed E-state index contributed by atoms with van der Waals surface area (Å²) in [6.07, 6.45) is 4.68. The maximum atomic E-state index is 10.1. The van der Waals surface area contributed by atoms with Gasteiger partial charge in [-0.1, -0.05) is 24.3 Å². The number of hydrogen-bond donors (Lipinski definition) is 1. The fourth-order valence-corrected chi connectivity index (χ4v) is 1.85. The highest BCUT2D eigenvalue weighted by atomic mass is 16.3. The normalized spacial score (nSPS) is 12.6. The fourth-order valence-electron chi connectivity index (χ4n) is 1.85. The molecule has 0 saturated heterocycles. The molecule has 0 saturated carbocycles. The van der Waals surface area contributed by atoms with Crippen molar-refractivity contribution in [3.05, 3.63) is 54.7 Å². The molecular formula is C14H15NO.